The predicted molar refractivity (Wildman–Crippen MR) is 79.1 cm³/mol. The van der Waals surface area contributed by atoms with Gasteiger partial charge in [-0.25, -0.2) is 0 Å². The first-order chi connectivity index (χ1) is 10.0. The van der Waals surface area contributed by atoms with Crippen LogP contribution in [-0.4, -0.2) is 22.1 Å². The Morgan fingerprint density at radius 3 is 2.86 bits per heavy atom. The number of aliphatic hydroxyl groups is 1. The summed E-state index contributed by atoms with van der Waals surface area (Å²) in [6.07, 6.45) is 3.78. The van der Waals surface area contributed by atoms with Crippen LogP contribution in [0.5, 0.6) is 5.75 Å². The van der Waals surface area contributed by atoms with Gasteiger partial charge < -0.3 is 10.2 Å². The van der Waals surface area contributed by atoms with Crippen LogP contribution < -0.4 is 0 Å². The van der Waals surface area contributed by atoms with Gasteiger partial charge in [-0.1, -0.05) is 13.0 Å². The molecule has 3 aliphatic carbocycles. The Hall–Kier alpha value is -1.35. The highest BCUT2D eigenvalue weighted by Gasteiger charge is 2.57. The van der Waals surface area contributed by atoms with Gasteiger partial charge in [0.15, 0.2) is 0 Å². The van der Waals surface area contributed by atoms with Gasteiger partial charge in [-0.2, -0.15) is 0 Å². The third kappa shape index (κ3) is 1.73. The molecule has 2 N–H and O–H groups in total. The van der Waals surface area contributed by atoms with Crippen molar-refractivity contribution in [3.63, 3.8) is 0 Å². The molecule has 2 fully saturated rings. The summed E-state index contributed by atoms with van der Waals surface area (Å²) in [5.74, 6) is 1.61. The van der Waals surface area contributed by atoms with Crippen molar-refractivity contribution in [2.75, 3.05) is 0 Å². The Balaban J connectivity index is 1.78. The zero-order chi connectivity index (χ0) is 14.8. The van der Waals surface area contributed by atoms with Crippen LogP contribution in [0.3, 0.4) is 0 Å². The SMILES string of the molecule is C[C@]12C[C@@H](O)[C@@H]3c4ccc(O)cc4CCC3[C@@H]1CCC2=O. The molecule has 1 unspecified atom stereocenters. The fourth-order valence-electron chi connectivity index (χ4n) is 5.42. The van der Waals surface area contributed by atoms with Crippen LogP contribution in [0.15, 0.2) is 18.2 Å². The topological polar surface area (TPSA) is 57.5 Å². The van der Waals surface area contributed by atoms with E-state index in [1.807, 2.05) is 12.1 Å². The molecule has 21 heavy (non-hydrogen) atoms. The summed E-state index contributed by atoms with van der Waals surface area (Å²) in [7, 11) is 0. The number of carbonyl (C=O) groups is 1. The molecule has 3 aliphatic rings. The van der Waals surface area contributed by atoms with Gasteiger partial charge in [-0.15, -0.1) is 0 Å². The van der Waals surface area contributed by atoms with Crippen molar-refractivity contribution in [2.24, 2.45) is 17.3 Å². The van der Waals surface area contributed by atoms with E-state index in [9.17, 15) is 15.0 Å². The first-order valence-corrected chi connectivity index (χ1v) is 8.04. The van der Waals surface area contributed by atoms with Gasteiger partial charge in [0.25, 0.3) is 0 Å². The minimum Gasteiger partial charge on any atom is -0.508 e. The summed E-state index contributed by atoms with van der Waals surface area (Å²) in [6.45, 7) is 2.07. The number of hydrogen-bond acceptors (Lipinski definition) is 3. The van der Waals surface area contributed by atoms with E-state index in [4.69, 9.17) is 0 Å². The van der Waals surface area contributed by atoms with Crippen LogP contribution in [0.25, 0.3) is 0 Å². The zero-order valence-electron chi connectivity index (χ0n) is 12.4. The summed E-state index contributed by atoms with van der Waals surface area (Å²) in [5.41, 5.74) is 2.05. The van der Waals surface area contributed by atoms with Crippen LogP contribution in [0.4, 0.5) is 0 Å². The van der Waals surface area contributed by atoms with Gasteiger partial charge >= 0.3 is 0 Å². The van der Waals surface area contributed by atoms with Crippen LogP contribution in [0.2, 0.25) is 0 Å². The van der Waals surface area contributed by atoms with Gasteiger partial charge in [0.2, 0.25) is 0 Å². The second-order valence-electron chi connectivity index (χ2n) is 7.37. The number of rotatable bonds is 0. The molecule has 0 bridgehead atoms. The lowest BCUT2D eigenvalue weighted by atomic mass is 9.54. The second-order valence-corrected chi connectivity index (χ2v) is 7.37. The van der Waals surface area contributed by atoms with Gasteiger partial charge in [-0.05, 0) is 60.8 Å². The molecule has 0 aliphatic heterocycles. The minimum atomic E-state index is -0.443. The van der Waals surface area contributed by atoms with E-state index in [1.165, 1.54) is 11.1 Å². The lowest BCUT2D eigenvalue weighted by Gasteiger charge is -2.50. The summed E-state index contributed by atoms with van der Waals surface area (Å²) in [6, 6.07) is 5.54. The molecule has 5 atom stereocenters. The smallest absolute Gasteiger partial charge is 0.139 e. The maximum Gasteiger partial charge on any atom is 0.139 e. The van der Waals surface area contributed by atoms with Crippen molar-refractivity contribution < 1.29 is 15.0 Å². The van der Waals surface area contributed by atoms with Gasteiger partial charge in [0, 0.05) is 17.8 Å². The van der Waals surface area contributed by atoms with E-state index >= 15 is 0 Å². The average molecular weight is 286 g/mol. The number of benzene rings is 1. The lowest BCUT2D eigenvalue weighted by Crippen LogP contribution is -2.48. The number of fused-ring (bicyclic) bond motifs is 5. The Morgan fingerprint density at radius 1 is 1.24 bits per heavy atom. The summed E-state index contributed by atoms with van der Waals surface area (Å²) in [5, 5.41) is 20.4. The molecule has 0 amide bonds. The number of aliphatic hydroxyl groups excluding tert-OH is 1. The normalized spacial score (nSPS) is 41.3. The minimum absolute atomic E-state index is 0.137. The molecule has 3 nitrogen and oxygen atoms in total. The highest BCUT2D eigenvalue weighted by atomic mass is 16.3. The van der Waals surface area contributed by atoms with Crippen molar-refractivity contribution in [1.29, 1.82) is 0 Å². The molecule has 4 rings (SSSR count). The van der Waals surface area contributed by atoms with Crippen molar-refractivity contribution in [2.45, 2.75) is 51.0 Å². The van der Waals surface area contributed by atoms with Crippen molar-refractivity contribution in [3.05, 3.63) is 29.3 Å². The third-order valence-corrected chi connectivity index (χ3v) is 6.40. The largest absolute Gasteiger partial charge is 0.508 e. The molecule has 1 aromatic carbocycles. The molecular formula is C18H22O3. The summed E-state index contributed by atoms with van der Waals surface area (Å²) in [4.78, 5) is 12.3. The molecule has 112 valence electrons. The summed E-state index contributed by atoms with van der Waals surface area (Å²) < 4.78 is 0. The number of aromatic hydroxyl groups is 1. The van der Waals surface area contributed by atoms with Crippen LogP contribution in [-0.2, 0) is 11.2 Å². The number of carbonyl (C=O) groups excluding carboxylic acids is 1. The van der Waals surface area contributed by atoms with E-state index in [0.29, 0.717) is 36.2 Å². The third-order valence-electron chi connectivity index (χ3n) is 6.40. The molecule has 2 saturated carbocycles. The summed E-state index contributed by atoms with van der Waals surface area (Å²) >= 11 is 0. The number of phenolic OH excluding ortho intramolecular Hbond substituents is 1. The molecule has 1 aromatic rings. The average Bonchev–Trinajstić information content (AvgIpc) is 2.74. The Bertz CT molecular complexity index is 608. The number of phenols is 1. The maximum atomic E-state index is 12.3. The zero-order valence-corrected chi connectivity index (χ0v) is 12.4. The van der Waals surface area contributed by atoms with Gasteiger partial charge in [0.05, 0.1) is 6.10 Å². The number of ketones is 1. The van der Waals surface area contributed by atoms with Crippen LogP contribution in [0, 0.1) is 17.3 Å². The predicted octanol–water partition coefficient (Wildman–Crippen LogP) is 2.79. The Labute approximate surface area is 125 Å². The van der Waals surface area contributed by atoms with Crippen LogP contribution in [0.1, 0.15) is 49.7 Å². The molecule has 0 radical (unpaired) electrons. The number of Topliss-reactive ketones (excluding diaryl/α,β-unsaturated/α-hetero) is 1. The Morgan fingerprint density at radius 2 is 2.05 bits per heavy atom. The van der Waals surface area contributed by atoms with E-state index in [1.54, 1.807) is 6.07 Å². The Kier molecular flexibility index (Phi) is 2.74. The van der Waals surface area contributed by atoms with Gasteiger partial charge in [0.1, 0.15) is 11.5 Å². The van der Waals surface area contributed by atoms with Crippen molar-refractivity contribution >= 4 is 5.78 Å². The lowest BCUT2D eigenvalue weighted by molar-refractivity contribution is -0.133. The molecule has 3 heteroatoms. The highest BCUT2D eigenvalue weighted by molar-refractivity contribution is 5.87. The van der Waals surface area contributed by atoms with E-state index < -0.39 is 6.10 Å². The van der Waals surface area contributed by atoms with E-state index in [0.717, 1.165) is 19.3 Å². The van der Waals surface area contributed by atoms with E-state index in [-0.39, 0.29) is 11.3 Å². The standard InChI is InChI=1S/C18H22O3/c1-18-9-15(20)17-12-5-3-11(19)8-10(12)2-4-13(17)14(18)6-7-16(18)21/h3,5,8,13-15,17,19-20H,2,4,6-7,9H2,1H3/t13?,14-,15+,17+,18-/m0/s1. The highest BCUT2D eigenvalue weighted by Crippen LogP contribution is 2.59. The first-order valence-electron chi connectivity index (χ1n) is 8.04. The van der Waals surface area contributed by atoms with Crippen LogP contribution >= 0.6 is 0 Å². The fourth-order valence-corrected chi connectivity index (χ4v) is 5.42. The first kappa shape index (κ1) is 13.3. The molecule has 0 aromatic heterocycles. The maximum absolute atomic E-state index is 12.3. The van der Waals surface area contributed by atoms with Crippen molar-refractivity contribution in [1.82, 2.24) is 0 Å². The molecular weight excluding hydrogens is 264 g/mol. The van der Waals surface area contributed by atoms with Crippen molar-refractivity contribution in [3.8, 4) is 5.75 Å². The molecule has 0 spiro atoms. The quantitative estimate of drug-likeness (QED) is 0.771. The van der Waals surface area contributed by atoms with E-state index in [2.05, 4.69) is 6.92 Å². The fraction of sp³-hybridized carbons (Fsp3) is 0.611. The second kappa shape index (κ2) is 4.33. The molecule has 0 heterocycles. The number of hydrogen-bond donors (Lipinski definition) is 2. The van der Waals surface area contributed by atoms with Gasteiger partial charge in [-0.3, -0.25) is 4.79 Å². The molecule has 0 saturated heterocycles. The number of aryl methyl sites for hydroxylation is 1. The monoisotopic (exact) mass is 286 g/mol.